The zero-order chi connectivity index (χ0) is 0. The zero-order valence-electron chi connectivity index (χ0n) is 2.89. The summed E-state index contributed by atoms with van der Waals surface area (Å²) >= 11 is 0. The van der Waals surface area contributed by atoms with Gasteiger partial charge in [0.2, 0.25) is 0 Å². The smallest absolute Gasteiger partial charge is 1.00 e. The molecule has 0 bridgehead atoms. The third kappa shape index (κ3) is 22.8. The minimum atomic E-state index is 0. The molecule has 0 aliphatic heterocycles. The van der Waals surface area contributed by atoms with Gasteiger partial charge >= 0.3 is 51.4 Å². The zero-order valence-corrected chi connectivity index (χ0v) is 16.8. The number of hydrogen-bond acceptors (Lipinski definition) is 0. The fourth-order valence-corrected chi connectivity index (χ4v) is 0. The summed E-state index contributed by atoms with van der Waals surface area (Å²) in [7, 11) is 0. The van der Waals surface area contributed by atoms with E-state index in [-0.39, 0.29) is 171 Å². The Balaban J connectivity index is 0. The molecule has 0 aromatic rings. The van der Waals surface area contributed by atoms with Gasteiger partial charge in [0.05, 0.1) is 0 Å². The van der Waals surface area contributed by atoms with Crippen LogP contribution in [-0.2, 0) is 0 Å². The number of rotatable bonds is 0. The van der Waals surface area contributed by atoms with Gasteiger partial charge < -0.3 is 120 Å². The van der Waals surface area contributed by atoms with Crippen LogP contribution in [0, 0.1) is 0 Å². The summed E-state index contributed by atoms with van der Waals surface area (Å²) < 4.78 is 0. The SMILES string of the molecule is [I-].[I-].[I-].[I-].[I-].[K+]. The Hall–Kier alpha value is 5.29. The number of halogens is 5. The van der Waals surface area contributed by atoms with Crippen LogP contribution in [0.4, 0.5) is 0 Å². The summed E-state index contributed by atoms with van der Waals surface area (Å²) in [6, 6.07) is 0. The maximum Gasteiger partial charge on any atom is 1.00 e. The molecule has 0 N–H and O–H groups in total. The van der Waals surface area contributed by atoms with Crippen LogP contribution in [0.1, 0.15) is 0 Å². The van der Waals surface area contributed by atoms with E-state index in [2.05, 4.69) is 0 Å². The van der Waals surface area contributed by atoms with Crippen molar-refractivity contribution in [1.82, 2.24) is 0 Å². The van der Waals surface area contributed by atoms with Crippen LogP contribution in [-0.4, -0.2) is 0 Å². The van der Waals surface area contributed by atoms with Gasteiger partial charge in [-0.15, -0.1) is 0 Å². The third-order valence-corrected chi connectivity index (χ3v) is 0. The van der Waals surface area contributed by atoms with Gasteiger partial charge in [-0.2, -0.15) is 0 Å². The first-order valence-electron chi connectivity index (χ1n) is 0. The van der Waals surface area contributed by atoms with E-state index in [0.29, 0.717) is 0 Å². The van der Waals surface area contributed by atoms with E-state index in [9.17, 15) is 0 Å². The summed E-state index contributed by atoms with van der Waals surface area (Å²) in [5.74, 6) is 0. The minimum Gasteiger partial charge on any atom is -1.00 e. The molecule has 0 nitrogen and oxygen atoms in total. The van der Waals surface area contributed by atoms with Gasteiger partial charge in [0.15, 0.2) is 0 Å². The molecule has 0 saturated carbocycles. The molecule has 0 unspecified atom stereocenters. The second-order valence-electron chi connectivity index (χ2n) is 0. The second-order valence-corrected chi connectivity index (χ2v) is 0. The van der Waals surface area contributed by atoms with E-state index in [1.165, 1.54) is 0 Å². The number of hydrogen-bond donors (Lipinski definition) is 0. The first-order valence-corrected chi connectivity index (χ1v) is 0. The van der Waals surface area contributed by atoms with E-state index in [4.69, 9.17) is 0 Å². The molecule has 0 aliphatic rings. The van der Waals surface area contributed by atoms with Crippen LogP contribution >= 0.6 is 0 Å². The van der Waals surface area contributed by atoms with Gasteiger partial charge in [-0.25, -0.2) is 0 Å². The van der Waals surface area contributed by atoms with E-state index in [1.54, 1.807) is 0 Å². The molecule has 0 amide bonds. The topological polar surface area (TPSA) is 0 Å². The van der Waals surface area contributed by atoms with Crippen molar-refractivity contribution in [1.29, 1.82) is 0 Å². The normalized spacial score (nSPS) is 0. The maximum atomic E-state index is 0. The van der Waals surface area contributed by atoms with Crippen LogP contribution < -0.4 is 171 Å². The van der Waals surface area contributed by atoms with E-state index in [1.807, 2.05) is 0 Å². The van der Waals surface area contributed by atoms with E-state index in [0.717, 1.165) is 0 Å². The molecule has 0 aliphatic carbocycles. The Kier molecular flexibility index (Phi) is 226. The van der Waals surface area contributed by atoms with Crippen molar-refractivity contribution in [2.24, 2.45) is 0 Å². The molecule has 0 fully saturated rings. The Bertz CT molecular complexity index is 3.90. The third-order valence-electron chi connectivity index (χ3n) is 0. The van der Waals surface area contributed by atoms with Crippen LogP contribution in [0.2, 0.25) is 0 Å². The van der Waals surface area contributed by atoms with Crippen molar-refractivity contribution < 1.29 is 171 Å². The Labute approximate surface area is 166 Å². The molecule has 0 saturated heterocycles. The maximum absolute atomic E-state index is 0. The predicted octanol–water partition coefficient (Wildman–Crippen LogP) is -18.0. The van der Waals surface area contributed by atoms with Crippen molar-refractivity contribution in [2.45, 2.75) is 0 Å². The van der Waals surface area contributed by atoms with Crippen molar-refractivity contribution >= 4 is 0 Å². The molecule has 0 radical (unpaired) electrons. The fourth-order valence-electron chi connectivity index (χ4n) is 0. The van der Waals surface area contributed by atoms with Crippen molar-refractivity contribution in [3.05, 3.63) is 0 Å². The van der Waals surface area contributed by atoms with Gasteiger partial charge in [0.1, 0.15) is 0 Å². The molecular weight excluding hydrogens is 674 g/mol. The Morgan fingerprint density at radius 2 is 0.333 bits per heavy atom. The molecule has 0 heterocycles. The van der Waals surface area contributed by atoms with Crippen molar-refractivity contribution in [2.75, 3.05) is 0 Å². The summed E-state index contributed by atoms with van der Waals surface area (Å²) in [4.78, 5) is 0. The second kappa shape index (κ2) is 31.7. The van der Waals surface area contributed by atoms with Crippen LogP contribution in [0.25, 0.3) is 0 Å². The van der Waals surface area contributed by atoms with Crippen LogP contribution in [0.5, 0.6) is 0 Å². The molecule has 40 valence electrons. The largest absolute Gasteiger partial charge is 1.00 e. The van der Waals surface area contributed by atoms with Gasteiger partial charge in [-0.3, -0.25) is 0 Å². The van der Waals surface area contributed by atoms with Crippen molar-refractivity contribution in [3.8, 4) is 0 Å². The summed E-state index contributed by atoms with van der Waals surface area (Å²) in [6.45, 7) is 0. The van der Waals surface area contributed by atoms with Gasteiger partial charge in [0.25, 0.3) is 0 Å². The Morgan fingerprint density at radius 1 is 0.333 bits per heavy atom. The molecule has 0 aromatic carbocycles. The monoisotopic (exact) mass is 673 g/mol. The molecule has 0 aromatic heterocycles. The molecule has 0 spiro atoms. The molecule has 0 rings (SSSR count). The molecular formula is I5K-4. The first-order chi connectivity index (χ1) is 0. The average Bonchev–Trinajstić information content (AvgIpc) is 0. The fraction of sp³-hybridized carbons (Fsp3) is 0. The summed E-state index contributed by atoms with van der Waals surface area (Å²) in [6.07, 6.45) is 0. The van der Waals surface area contributed by atoms with Crippen LogP contribution in [0.3, 0.4) is 0 Å². The van der Waals surface area contributed by atoms with Gasteiger partial charge in [-0.05, 0) is 0 Å². The minimum absolute atomic E-state index is 0. The van der Waals surface area contributed by atoms with E-state index >= 15 is 0 Å². The van der Waals surface area contributed by atoms with Crippen molar-refractivity contribution in [3.63, 3.8) is 0 Å². The standard InChI is InChI=1S/5HI.K/h5*1H;/q;;;;;+1/p-5. The molecule has 6 heavy (non-hydrogen) atoms. The average molecular weight is 674 g/mol. The van der Waals surface area contributed by atoms with E-state index < -0.39 is 0 Å². The molecule has 0 atom stereocenters. The van der Waals surface area contributed by atoms with Gasteiger partial charge in [-0.1, -0.05) is 0 Å². The Morgan fingerprint density at radius 3 is 0.333 bits per heavy atom. The van der Waals surface area contributed by atoms with Crippen LogP contribution in [0.15, 0.2) is 0 Å². The summed E-state index contributed by atoms with van der Waals surface area (Å²) in [5.41, 5.74) is 0. The quantitative estimate of drug-likeness (QED) is 0.177. The predicted molar refractivity (Wildman–Crippen MR) is 0 cm³/mol. The summed E-state index contributed by atoms with van der Waals surface area (Å²) in [5, 5.41) is 0. The first kappa shape index (κ1) is 42.7. The van der Waals surface area contributed by atoms with Gasteiger partial charge in [0, 0.05) is 0 Å². The molecule has 6 heteroatoms.